The summed E-state index contributed by atoms with van der Waals surface area (Å²) in [5.41, 5.74) is 0. The van der Waals surface area contributed by atoms with E-state index in [9.17, 15) is 0 Å². The van der Waals surface area contributed by atoms with Gasteiger partial charge in [0.2, 0.25) is 0 Å². The second-order valence-electron chi connectivity index (χ2n) is 3.59. The number of hydrogen-bond donors (Lipinski definition) is 0. The van der Waals surface area contributed by atoms with E-state index in [0.717, 1.165) is 16.1 Å². The molecular formula is C12H8Br2Cl2Sn. The van der Waals surface area contributed by atoms with Crippen LogP contribution in [0.2, 0.25) is 0 Å². The van der Waals surface area contributed by atoms with Crippen LogP contribution in [0.5, 0.6) is 0 Å². The van der Waals surface area contributed by atoms with Gasteiger partial charge in [-0.15, -0.1) is 0 Å². The van der Waals surface area contributed by atoms with Crippen molar-refractivity contribution in [2.45, 2.75) is 0 Å². The third-order valence-electron chi connectivity index (χ3n) is 2.41. The fourth-order valence-electron chi connectivity index (χ4n) is 1.49. The molecule has 0 fully saturated rings. The van der Waals surface area contributed by atoms with E-state index in [1.54, 1.807) is 0 Å². The molecule has 0 heterocycles. The van der Waals surface area contributed by atoms with Gasteiger partial charge in [0.25, 0.3) is 0 Å². The Balaban J connectivity index is 2.41. The van der Waals surface area contributed by atoms with E-state index < -0.39 is 16.1 Å². The van der Waals surface area contributed by atoms with Crippen molar-refractivity contribution in [1.82, 2.24) is 0 Å². The Morgan fingerprint density at radius 3 is 1.24 bits per heavy atom. The molecule has 0 aromatic heterocycles. The molecule has 88 valence electrons. The van der Waals surface area contributed by atoms with Gasteiger partial charge in [0, 0.05) is 0 Å². The molecule has 0 amide bonds. The van der Waals surface area contributed by atoms with Crippen LogP contribution in [0.15, 0.2) is 57.5 Å². The van der Waals surface area contributed by atoms with Crippen molar-refractivity contribution >= 4 is 73.0 Å². The number of rotatable bonds is 2. The monoisotopic (exact) mass is 500 g/mol. The van der Waals surface area contributed by atoms with Gasteiger partial charge >= 0.3 is 130 Å². The summed E-state index contributed by atoms with van der Waals surface area (Å²) in [4.78, 5) is 0. The Labute approximate surface area is 129 Å². The molecule has 2 aromatic carbocycles. The maximum absolute atomic E-state index is 6.64. The average Bonchev–Trinajstić information content (AvgIpc) is 2.30. The van der Waals surface area contributed by atoms with Crippen LogP contribution in [-0.4, -0.2) is 16.1 Å². The maximum atomic E-state index is 6.64. The van der Waals surface area contributed by atoms with E-state index >= 15 is 0 Å². The molecule has 0 aliphatic carbocycles. The summed E-state index contributed by atoms with van der Waals surface area (Å²) in [5.74, 6) is 0. The van der Waals surface area contributed by atoms with Crippen LogP contribution in [0.4, 0.5) is 0 Å². The second-order valence-corrected chi connectivity index (χ2v) is 20.9. The van der Waals surface area contributed by atoms with E-state index in [4.69, 9.17) is 17.8 Å². The van der Waals surface area contributed by atoms with Gasteiger partial charge in [-0.1, -0.05) is 0 Å². The second kappa shape index (κ2) is 5.83. The minimum atomic E-state index is -3.40. The molecule has 2 aromatic rings. The van der Waals surface area contributed by atoms with Crippen molar-refractivity contribution in [3.63, 3.8) is 0 Å². The Bertz CT molecular complexity index is 462. The van der Waals surface area contributed by atoms with E-state index in [2.05, 4.69) is 31.9 Å². The van der Waals surface area contributed by atoms with Gasteiger partial charge in [-0.05, 0) is 0 Å². The van der Waals surface area contributed by atoms with E-state index in [-0.39, 0.29) is 0 Å². The predicted octanol–water partition coefficient (Wildman–Crippen LogP) is 4.25. The summed E-state index contributed by atoms with van der Waals surface area (Å²) in [5, 5.41) is 0. The van der Waals surface area contributed by atoms with Crippen molar-refractivity contribution < 1.29 is 0 Å². The molecule has 0 atom stereocenters. The first kappa shape index (κ1) is 14.2. The molecule has 2 rings (SSSR count). The molecule has 0 N–H and O–H groups in total. The third-order valence-corrected chi connectivity index (χ3v) is 15.4. The number of halogens is 4. The Morgan fingerprint density at radius 2 is 0.941 bits per heavy atom. The summed E-state index contributed by atoms with van der Waals surface area (Å²) in [6, 6.07) is 15.9. The van der Waals surface area contributed by atoms with Crippen LogP contribution in [-0.2, 0) is 0 Å². The van der Waals surface area contributed by atoms with Gasteiger partial charge in [-0.3, -0.25) is 0 Å². The van der Waals surface area contributed by atoms with Crippen molar-refractivity contribution in [3.05, 3.63) is 57.5 Å². The zero-order valence-electron chi connectivity index (χ0n) is 8.63. The summed E-state index contributed by atoms with van der Waals surface area (Å²) >= 11 is 3.41. The molecule has 0 radical (unpaired) electrons. The molecule has 0 bridgehead atoms. The predicted molar refractivity (Wildman–Crippen MR) is 85.0 cm³/mol. The first-order valence-corrected chi connectivity index (χ1v) is 16.6. The average molecular weight is 502 g/mol. The van der Waals surface area contributed by atoms with Crippen LogP contribution < -0.4 is 7.16 Å². The SMILES string of the molecule is [Cl][Sn]([Cl])([c]1ccc(Br)cc1)[c]1ccc(Br)cc1. The van der Waals surface area contributed by atoms with Crippen LogP contribution in [0.25, 0.3) is 0 Å². The molecule has 0 aliphatic rings. The molecule has 0 unspecified atom stereocenters. The topological polar surface area (TPSA) is 0 Å². The summed E-state index contributed by atoms with van der Waals surface area (Å²) in [6.07, 6.45) is 0. The fraction of sp³-hybridized carbons (Fsp3) is 0. The molecule has 0 aliphatic heterocycles. The van der Waals surface area contributed by atoms with Gasteiger partial charge in [0.15, 0.2) is 0 Å². The summed E-state index contributed by atoms with van der Waals surface area (Å²) in [6.45, 7) is 0. The van der Waals surface area contributed by atoms with E-state index in [0.29, 0.717) is 0 Å². The van der Waals surface area contributed by atoms with Gasteiger partial charge in [-0.25, -0.2) is 0 Å². The molecule has 0 saturated heterocycles. The first-order valence-electron chi connectivity index (χ1n) is 4.90. The first-order chi connectivity index (χ1) is 8.00. The Kier molecular flexibility index (Phi) is 4.86. The number of hydrogen-bond acceptors (Lipinski definition) is 0. The Hall–Kier alpha value is 0.779. The molecule has 0 spiro atoms. The van der Waals surface area contributed by atoms with Crippen molar-refractivity contribution in [1.29, 1.82) is 0 Å². The van der Waals surface area contributed by atoms with Crippen LogP contribution in [0, 0.1) is 0 Å². The standard InChI is InChI=1S/2C6H4Br.2ClH.Sn/c2*7-6-4-2-1-3-5-6;;;/h2*2-5H;2*1H;/q;;;;+2/p-2. The Morgan fingerprint density at radius 1 is 0.647 bits per heavy atom. The molecular weight excluding hydrogens is 494 g/mol. The van der Waals surface area contributed by atoms with Crippen molar-refractivity contribution in [2.75, 3.05) is 0 Å². The molecule has 5 heteroatoms. The zero-order valence-corrected chi connectivity index (χ0v) is 16.2. The molecule has 0 saturated carbocycles. The van der Waals surface area contributed by atoms with Crippen molar-refractivity contribution in [2.24, 2.45) is 0 Å². The quantitative estimate of drug-likeness (QED) is 0.540. The summed E-state index contributed by atoms with van der Waals surface area (Å²) < 4.78 is 4.20. The normalized spacial score (nSPS) is 11.5. The summed E-state index contributed by atoms with van der Waals surface area (Å²) in [7, 11) is 13.3. The van der Waals surface area contributed by atoms with Crippen LogP contribution in [0.3, 0.4) is 0 Å². The minimum absolute atomic E-state index is 1.03. The van der Waals surface area contributed by atoms with Crippen LogP contribution in [0.1, 0.15) is 0 Å². The van der Waals surface area contributed by atoms with Gasteiger partial charge < -0.3 is 0 Å². The van der Waals surface area contributed by atoms with Gasteiger partial charge in [-0.2, -0.15) is 0 Å². The molecule has 0 nitrogen and oxygen atoms in total. The number of benzene rings is 2. The van der Waals surface area contributed by atoms with E-state index in [1.165, 1.54) is 0 Å². The molecule has 17 heavy (non-hydrogen) atoms. The zero-order chi connectivity index (χ0) is 12.5. The van der Waals surface area contributed by atoms with Crippen LogP contribution >= 0.6 is 49.7 Å². The van der Waals surface area contributed by atoms with Gasteiger partial charge in [0.05, 0.1) is 0 Å². The van der Waals surface area contributed by atoms with Crippen molar-refractivity contribution in [3.8, 4) is 0 Å². The fourth-order valence-corrected chi connectivity index (χ4v) is 9.69. The third kappa shape index (κ3) is 3.41. The van der Waals surface area contributed by atoms with E-state index in [1.807, 2.05) is 48.5 Å². The van der Waals surface area contributed by atoms with Gasteiger partial charge in [0.1, 0.15) is 0 Å².